The van der Waals surface area contributed by atoms with Gasteiger partial charge in [0.1, 0.15) is 11.8 Å². The van der Waals surface area contributed by atoms with Gasteiger partial charge in [0.05, 0.1) is 18.9 Å². The van der Waals surface area contributed by atoms with Gasteiger partial charge < -0.3 is 14.1 Å². The van der Waals surface area contributed by atoms with Gasteiger partial charge in [-0.25, -0.2) is 4.98 Å². The van der Waals surface area contributed by atoms with Crippen molar-refractivity contribution < 1.29 is 13.9 Å². The first-order valence-corrected chi connectivity index (χ1v) is 9.44. The Balaban J connectivity index is 1.58. The molecule has 1 fully saturated rings. The van der Waals surface area contributed by atoms with Crippen molar-refractivity contribution in [1.29, 1.82) is 0 Å². The maximum atomic E-state index is 13.1. The zero-order valence-electron chi connectivity index (χ0n) is 14.7. The zero-order chi connectivity index (χ0) is 18.1. The number of hydrogen-bond donors (Lipinski definition) is 0. The van der Waals surface area contributed by atoms with Crippen molar-refractivity contribution in [3.63, 3.8) is 0 Å². The van der Waals surface area contributed by atoms with Crippen LogP contribution in [-0.2, 0) is 4.74 Å². The third kappa shape index (κ3) is 3.30. The van der Waals surface area contributed by atoms with E-state index in [9.17, 15) is 4.79 Å². The van der Waals surface area contributed by atoms with E-state index in [0.29, 0.717) is 24.5 Å². The molecule has 0 spiro atoms. The molecule has 0 N–H and O–H groups in total. The minimum atomic E-state index is -0.118. The van der Waals surface area contributed by atoms with E-state index in [0.717, 1.165) is 15.4 Å². The number of furan rings is 1. The molecular formula is C20H20N2O3S. The van der Waals surface area contributed by atoms with Gasteiger partial charge in [-0.3, -0.25) is 4.79 Å². The topological polar surface area (TPSA) is 55.6 Å². The Kier molecular flexibility index (Phi) is 4.61. The molecule has 0 saturated carbocycles. The average molecular weight is 368 g/mol. The van der Waals surface area contributed by atoms with Crippen LogP contribution in [0.2, 0.25) is 0 Å². The van der Waals surface area contributed by atoms with Crippen molar-refractivity contribution in [2.75, 3.05) is 13.1 Å². The second kappa shape index (κ2) is 7.05. The summed E-state index contributed by atoms with van der Waals surface area (Å²) in [5, 5.41) is 0.733. The Hall–Kier alpha value is -2.44. The lowest BCUT2D eigenvalue weighted by Gasteiger charge is -2.36. The van der Waals surface area contributed by atoms with Gasteiger partial charge in [-0.05, 0) is 31.5 Å². The number of aryl methyl sites for hydroxylation is 1. The molecule has 1 saturated heterocycles. The molecule has 1 aliphatic heterocycles. The number of amides is 1. The highest BCUT2D eigenvalue weighted by Gasteiger charge is 2.32. The van der Waals surface area contributed by atoms with Gasteiger partial charge in [-0.1, -0.05) is 30.3 Å². The number of hydrogen-bond acceptors (Lipinski definition) is 5. The van der Waals surface area contributed by atoms with Crippen LogP contribution in [0.4, 0.5) is 0 Å². The summed E-state index contributed by atoms with van der Waals surface area (Å²) in [5.74, 6) is 0.641. The van der Waals surface area contributed by atoms with Crippen LogP contribution in [-0.4, -0.2) is 35.0 Å². The molecule has 3 aromatic rings. The minimum absolute atomic E-state index is 0.0265. The van der Waals surface area contributed by atoms with E-state index in [1.54, 1.807) is 6.26 Å². The maximum Gasteiger partial charge on any atom is 0.273 e. The van der Waals surface area contributed by atoms with E-state index in [1.807, 2.05) is 61.2 Å². The fraction of sp³-hybridized carbons (Fsp3) is 0.300. The second-order valence-electron chi connectivity index (χ2n) is 6.46. The first-order chi connectivity index (χ1) is 12.6. The van der Waals surface area contributed by atoms with Crippen LogP contribution in [0.15, 0.2) is 53.1 Å². The van der Waals surface area contributed by atoms with Crippen molar-refractivity contribution >= 4 is 17.2 Å². The zero-order valence-corrected chi connectivity index (χ0v) is 15.5. The molecule has 134 valence electrons. The number of nitrogens with zero attached hydrogens (tertiary/aromatic N) is 2. The van der Waals surface area contributed by atoms with Crippen LogP contribution in [0.5, 0.6) is 0 Å². The largest absolute Gasteiger partial charge is 0.462 e. The molecular weight excluding hydrogens is 348 g/mol. The Labute approximate surface area is 156 Å². The highest BCUT2D eigenvalue weighted by molar-refractivity contribution is 7.15. The fourth-order valence-corrected chi connectivity index (χ4v) is 4.09. The molecule has 3 heterocycles. The molecule has 5 nitrogen and oxygen atoms in total. The summed E-state index contributed by atoms with van der Waals surface area (Å²) in [4.78, 5) is 20.4. The molecule has 0 bridgehead atoms. The minimum Gasteiger partial charge on any atom is -0.462 e. The predicted molar refractivity (Wildman–Crippen MR) is 100 cm³/mol. The van der Waals surface area contributed by atoms with Crippen LogP contribution in [0.25, 0.3) is 10.8 Å². The van der Waals surface area contributed by atoms with Gasteiger partial charge >= 0.3 is 0 Å². The van der Waals surface area contributed by atoms with E-state index in [4.69, 9.17) is 9.15 Å². The highest BCUT2D eigenvalue weighted by Crippen LogP contribution is 2.30. The fourth-order valence-electron chi connectivity index (χ4n) is 3.22. The van der Waals surface area contributed by atoms with E-state index >= 15 is 0 Å². The highest BCUT2D eigenvalue weighted by atomic mass is 32.1. The van der Waals surface area contributed by atoms with Crippen molar-refractivity contribution in [3.8, 4) is 10.8 Å². The van der Waals surface area contributed by atoms with Gasteiger partial charge in [-0.15, -0.1) is 11.3 Å². The summed E-state index contributed by atoms with van der Waals surface area (Å²) in [6.45, 7) is 5.02. The lowest BCUT2D eigenvalue weighted by molar-refractivity contribution is -0.0692. The Morgan fingerprint density at radius 2 is 2.00 bits per heavy atom. The summed E-state index contributed by atoms with van der Waals surface area (Å²) in [5.41, 5.74) is 1.59. The molecule has 2 unspecified atom stereocenters. The summed E-state index contributed by atoms with van der Waals surface area (Å²) in [6.07, 6.45) is 1.47. The predicted octanol–water partition coefficient (Wildman–Crippen LogP) is 4.31. The molecule has 1 aromatic carbocycles. The number of morpholine rings is 1. The van der Waals surface area contributed by atoms with Crippen LogP contribution < -0.4 is 0 Å². The summed E-state index contributed by atoms with van der Waals surface area (Å²) in [6, 6.07) is 13.7. The molecule has 1 amide bonds. The molecule has 4 rings (SSSR count). The number of ether oxygens (including phenoxy) is 1. The molecule has 2 aromatic heterocycles. The third-order valence-corrected chi connectivity index (χ3v) is 5.44. The SMILES string of the molecule is Cc1sc(-c2ccco2)nc1C(=O)N1CC(C)OC(c2ccccc2)C1. The number of benzene rings is 1. The van der Waals surface area contributed by atoms with Crippen LogP contribution >= 0.6 is 11.3 Å². The normalized spacial score (nSPS) is 20.3. The third-order valence-electron chi connectivity index (χ3n) is 4.45. The van der Waals surface area contributed by atoms with Gasteiger partial charge in [0.25, 0.3) is 5.91 Å². The average Bonchev–Trinajstić information content (AvgIpc) is 3.31. The Morgan fingerprint density at radius 1 is 1.19 bits per heavy atom. The van der Waals surface area contributed by atoms with Crippen LogP contribution in [0, 0.1) is 6.92 Å². The van der Waals surface area contributed by atoms with Gasteiger partial charge in [0.2, 0.25) is 0 Å². The number of aromatic nitrogens is 1. The van der Waals surface area contributed by atoms with Crippen molar-refractivity contribution in [2.24, 2.45) is 0 Å². The smallest absolute Gasteiger partial charge is 0.273 e. The van der Waals surface area contributed by atoms with Crippen molar-refractivity contribution in [1.82, 2.24) is 9.88 Å². The Bertz CT molecular complexity index is 889. The molecule has 0 radical (unpaired) electrons. The standard InChI is InChI=1S/C20H20N2O3S/c1-13-11-22(12-17(25-13)15-7-4-3-5-8-15)20(23)18-14(2)26-19(21-18)16-9-6-10-24-16/h3-10,13,17H,11-12H2,1-2H3. The molecule has 0 aliphatic carbocycles. The molecule has 6 heteroatoms. The summed E-state index contributed by atoms with van der Waals surface area (Å²) >= 11 is 1.48. The van der Waals surface area contributed by atoms with Crippen molar-refractivity contribution in [3.05, 3.63) is 64.9 Å². The summed E-state index contributed by atoms with van der Waals surface area (Å²) < 4.78 is 11.5. The number of carbonyl (C=O) groups is 1. The van der Waals surface area contributed by atoms with Crippen LogP contribution in [0.1, 0.15) is 34.0 Å². The van der Waals surface area contributed by atoms with E-state index in [-0.39, 0.29) is 18.1 Å². The van der Waals surface area contributed by atoms with E-state index < -0.39 is 0 Å². The summed E-state index contributed by atoms with van der Waals surface area (Å²) in [7, 11) is 0. The number of carbonyl (C=O) groups excluding carboxylic acids is 1. The lowest BCUT2D eigenvalue weighted by atomic mass is 10.1. The second-order valence-corrected chi connectivity index (χ2v) is 7.66. The molecule has 1 aliphatic rings. The molecule has 26 heavy (non-hydrogen) atoms. The monoisotopic (exact) mass is 368 g/mol. The van der Waals surface area contributed by atoms with Gasteiger partial charge in [0, 0.05) is 11.4 Å². The number of thiazole rings is 1. The lowest BCUT2D eigenvalue weighted by Crippen LogP contribution is -2.46. The van der Waals surface area contributed by atoms with Crippen LogP contribution in [0.3, 0.4) is 0 Å². The van der Waals surface area contributed by atoms with E-state index in [2.05, 4.69) is 4.98 Å². The van der Waals surface area contributed by atoms with Gasteiger partial charge in [-0.2, -0.15) is 0 Å². The maximum absolute atomic E-state index is 13.1. The first-order valence-electron chi connectivity index (χ1n) is 8.63. The first kappa shape index (κ1) is 17.0. The molecule has 2 atom stereocenters. The quantitative estimate of drug-likeness (QED) is 0.691. The van der Waals surface area contributed by atoms with E-state index in [1.165, 1.54) is 11.3 Å². The number of rotatable bonds is 3. The Morgan fingerprint density at radius 3 is 2.73 bits per heavy atom. The van der Waals surface area contributed by atoms with Crippen molar-refractivity contribution in [2.45, 2.75) is 26.1 Å². The van der Waals surface area contributed by atoms with Gasteiger partial charge in [0.15, 0.2) is 10.8 Å².